The molecule has 0 bridgehead atoms. The topological polar surface area (TPSA) is 47.3 Å². The summed E-state index contributed by atoms with van der Waals surface area (Å²) < 4.78 is 32.4. The minimum absolute atomic E-state index is 0.0693. The van der Waals surface area contributed by atoms with Crippen LogP contribution in [0.1, 0.15) is 19.4 Å². The van der Waals surface area contributed by atoms with Crippen LogP contribution < -0.4 is 11.1 Å². The molecule has 3 nitrogen and oxygen atoms in total. The summed E-state index contributed by atoms with van der Waals surface area (Å²) in [6.45, 7) is 4.60. The Labute approximate surface area is 110 Å². The van der Waals surface area contributed by atoms with E-state index in [4.69, 9.17) is 10.5 Å². The number of anilines is 1. The van der Waals surface area contributed by atoms with E-state index < -0.39 is 11.6 Å². The summed E-state index contributed by atoms with van der Waals surface area (Å²) in [5, 5.41) is 2.75. The Hall–Kier alpha value is -1.27. The smallest absolute Gasteiger partial charge is 0.182 e. The van der Waals surface area contributed by atoms with Crippen molar-refractivity contribution in [3.63, 3.8) is 0 Å². The van der Waals surface area contributed by atoms with Crippen molar-refractivity contribution in [2.45, 2.75) is 20.0 Å². The van der Waals surface area contributed by atoms with Gasteiger partial charge < -0.3 is 15.8 Å². The first-order valence-electron chi connectivity index (χ1n) is 5.56. The Morgan fingerprint density at radius 3 is 2.61 bits per heavy atom. The van der Waals surface area contributed by atoms with E-state index >= 15 is 0 Å². The van der Waals surface area contributed by atoms with Crippen molar-refractivity contribution in [3.8, 4) is 0 Å². The lowest BCUT2D eigenvalue weighted by Gasteiger charge is -2.11. The summed E-state index contributed by atoms with van der Waals surface area (Å²) in [7, 11) is 0. The van der Waals surface area contributed by atoms with Crippen molar-refractivity contribution in [1.29, 1.82) is 0 Å². The molecule has 0 spiro atoms. The molecule has 1 rings (SSSR count). The largest absolute Gasteiger partial charge is 0.389 e. The van der Waals surface area contributed by atoms with Crippen molar-refractivity contribution in [3.05, 3.63) is 29.3 Å². The second kappa shape index (κ2) is 6.61. The summed E-state index contributed by atoms with van der Waals surface area (Å²) in [6.07, 6.45) is 0.102. The third kappa shape index (κ3) is 3.89. The van der Waals surface area contributed by atoms with Crippen LogP contribution in [0.15, 0.2) is 12.1 Å². The van der Waals surface area contributed by atoms with Gasteiger partial charge in [0, 0.05) is 12.1 Å². The Morgan fingerprint density at radius 1 is 1.39 bits per heavy atom. The summed E-state index contributed by atoms with van der Waals surface area (Å²) in [6, 6.07) is 2.76. The molecular formula is C12H16F2N2OS. The lowest BCUT2D eigenvalue weighted by atomic mass is 10.2. The number of benzene rings is 1. The molecule has 0 amide bonds. The standard InChI is InChI=1S/C12H16F2N2OS/c1-7(2)17-6-5-16-9-4-3-8(12(15)18)10(13)11(9)14/h3-4,7,16H,5-6H2,1-2H3,(H2,15,18). The van der Waals surface area contributed by atoms with Gasteiger partial charge in [-0.05, 0) is 26.0 Å². The fraction of sp³-hybridized carbons (Fsp3) is 0.417. The van der Waals surface area contributed by atoms with Gasteiger partial charge in [-0.2, -0.15) is 0 Å². The number of halogens is 2. The van der Waals surface area contributed by atoms with E-state index in [2.05, 4.69) is 17.5 Å². The minimum atomic E-state index is -1.03. The second-order valence-electron chi connectivity index (χ2n) is 4.00. The van der Waals surface area contributed by atoms with Crippen molar-refractivity contribution in [1.82, 2.24) is 0 Å². The van der Waals surface area contributed by atoms with Crippen LogP contribution in [0.5, 0.6) is 0 Å². The highest BCUT2D eigenvalue weighted by atomic mass is 32.1. The molecule has 0 radical (unpaired) electrons. The lowest BCUT2D eigenvalue weighted by Crippen LogP contribution is -2.16. The van der Waals surface area contributed by atoms with E-state index in [9.17, 15) is 8.78 Å². The van der Waals surface area contributed by atoms with Gasteiger partial charge in [0.25, 0.3) is 0 Å². The van der Waals surface area contributed by atoms with Crippen LogP contribution in [-0.4, -0.2) is 24.2 Å². The molecule has 0 heterocycles. The number of hydrogen-bond donors (Lipinski definition) is 2. The predicted octanol–water partition coefficient (Wildman–Crippen LogP) is 2.44. The summed E-state index contributed by atoms with van der Waals surface area (Å²) in [5.41, 5.74) is 5.25. The number of hydrogen-bond acceptors (Lipinski definition) is 3. The SMILES string of the molecule is CC(C)OCCNc1ccc(C(N)=S)c(F)c1F. The molecule has 0 saturated heterocycles. The zero-order valence-electron chi connectivity index (χ0n) is 10.3. The number of nitrogens with two attached hydrogens (primary N) is 1. The number of nitrogens with one attached hydrogen (secondary N) is 1. The van der Waals surface area contributed by atoms with Gasteiger partial charge in [0.05, 0.1) is 18.4 Å². The van der Waals surface area contributed by atoms with Crippen molar-refractivity contribution in [2.24, 2.45) is 5.73 Å². The molecule has 3 N–H and O–H groups in total. The Kier molecular flexibility index (Phi) is 5.43. The fourth-order valence-electron chi connectivity index (χ4n) is 1.36. The molecule has 0 aliphatic heterocycles. The van der Waals surface area contributed by atoms with Crippen LogP contribution in [0.3, 0.4) is 0 Å². The maximum atomic E-state index is 13.6. The summed E-state index contributed by atoms with van der Waals surface area (Å²) in [4.78, 5) is -0.166. The zero-order chi connectivity index (χ0) is 13.7. The van der Waals surface area contributed by atoms with Gasteiger partial charge in [-0.25, -0.2) is 8.78 Å². The van der Waals surface area contributed by atoms with Crippen LogP contribution in [0, 0.1) is 11.6 Å². The zero-order valence-corrected chi connectivity index (χ0v) is 11.1. The normalized spacial score (nSPS) is 10.7. The molecule has 1 aromatic carbocycles. The molecule has 0 aromatic heterocycles. The minimum Gasteiger partial charge on any atom is -0.389 e. The lowest BCUT2D eigenvalue weighted by molar-refractivity contribution is 0.0870. The second-order valence-corrected chi connectivity index (χ2v) is 4.44. The average molecular weight is 274 g/mol. The maximum Gasteiger partial charge on any atom is 0.182 e. The van der Waals surface area contributed by atoms with Crippen molar-refractivity contribution in [2.75, 3.05) is 18.5 Å². The molecule has 6 heteroatoms. The molecule has 0 aliphatic rings. The molecule has 100 valence electrons. The number of rotatable bonds is 6. The van der Waals surface area contributed by atoms with Crippen molar-refractivity contribution < 1.29 is 13.5 Å². The molecule has 0 fully saturated rings. The van der Waals surface area contributed by atoms with E-state index in [1.807, 2.05) is 13.8 Å². The van der Waals surface area contributed by atoms with E-state index in [0.717, 1.165) is 0 Å². The first-order chi connectivity index (χ1) is 8.43. The van der Waals surface area contributed by atoms with Gasteiger partial charge in [0.1, 0.15) is 4.99 Å². The monoisotopic (exact) mass is 274 g/mol. The summed E-state index contributed by atoms with van der Waals surface area (Å²) in [5.74, 6) is -2.01. The molecule has 0 aliphatic carbocycles. The Bertz CT molecular complexity index is 438. The van der Waals surface area contributed by atoms with E-state index in [0.29, 0.717) is 13.2 Å². The fourth-order valence-corrected chi connectivity index (χ4v) is 1.51. The molecule has 0 unspecified atom stereocenters. The van der Waals surface area contributed by atoms with E-state index in [-0.39, 0.29) is 22.3 Å². The third-order valence-corrected chi connectivity index (χ3v) is 2.44. The first kappa shape index (κ1) is 14.8. The predicted molar refractivity (Wildman–Crippen MR) is 71.8 cm³/mol. The molecule has 18 heavy (non-hydrogen) atoms. The molecular weight excluding hydrogens is 258 g/mol. The van der Waals surface area contributed by atoms with Gasteiger partial charge in [0.2, 0.25) is 0 Å². The van der Waals surface area contributed by atoms with E-state index in [1.165, 1.54) is 12.1 Å². The van der Waals surface area contributed by atoms with Gasteiger partial charge in [0.15, 0.2) is 11.6 Å². The van der Waals surface area contributed by atoms with Crippen LogP contribution >= 0.6 is 12.2 Å². The highest BCUT2D eigenvalue weighted by Gasteiger charge is 2.14. The number of ether oxygens (including phenoxy) is 1. The molecule has 0 atom stereocenters. The Balaban J connectivity index is 2.68. The summed E-state index contributed by atoms with van der Waals surface area (Å²) >= 11 is 4.62. The van der Waals surface area contributed by atoms with E-state index in [1.54, 1.807) is 0 Å². The van der Waals surface area contributed by atoms with Gasteiger partial charge in [-0.1, -0.05) is 12.2 Å². The van der Waals surface area contributed by atoms with Gasteiger partial charge >= 0.3 is 0 Å². The Morgan fingerprint density at radius 2 is 2.06 bits per heavy atom. The maximum absolute atomic E-state index is 13.6. The van der Waals surface area contributed by atoms with Crippen LogP contribution in [0.2, 0.25) is 0 Å². The first-order valence-corrected chi connectivity index (χ1v) is 5.97. The molecule has 0 saturated carbocycles. The molecule has 1 aromatic rings. The highest BCUT2D eigenvalue weighted by molar-refractivity contribution is 7.80. The van der Waals surface area contributed by atoms with Crippen LogP contribution in [0.4, 0.5) is 14.5 Å². The van der Waals surface area contributed by atoms with Crippen LogP contribution in [-0.2, 0) is 4.74 Å². The quantitative estimate of drug-likeness (QED) is 0.618. The highest BCUT2D eigenvalue weighted by Crippen LogP contribution is 2.20. The van der Waals surface area contributed by atoms with Gasteiger partial charge in [-0.3, -0.25) is 0 Å². The van der Waals surface area contributed by atoms with Gasteiger partial charge in [-0.15, -0.1) is 0 Å². The average Bonchev–Trinajstić information content (AvgIpc) is 2.29. The van der Waals surface area contributed by atoms with Crippen LogP contribution in [0.25, 0.3) is 0 Å². The van der Waals surface area contributed by atoms with Crippen molar-refractivity contribution >= 4 is 22.9 Å². The third-order valence-electron chi connectivity index (χ3n) is 2.22. The number of thiocarbonyl (C=S) groups is 1.